The molecule has 0 aliphatic carbocycles. The summed E-state index contributed by atoms with van der Waals surface area (Å²) in [6.45, 7) is 2.93. The van der Waals surface area contributed by atoms with E-state index in [0.717, 1.165) is 55.4 Å². The summed E-state index contributed by atoms with van der Waals surface area (Å²) in [6.07, 6.45) is 4.55. The summed E-state index contributed by atoms with van der Waals surface area (Å²) in [5.41, 5.74) is 3.77. The average Bonchev–Trinajstić information content (AvgIpc) is 3.00. The predicted octanol–water partition coefficient (Wildman–Crippen LogP) is 8.42. The standard InChI is InChI=1S/C37H39NO3/c39-23-22-38(28-31-14-10-17-37(26-31)41-35-15-7-2-8-16-35)29-32-18-19-34-27-36(21-20-33(34)25-32)40-24-9-3-6-13-30-11-4-1-5-12-30/h1-2,4-5,7-8,10-12,14-21,25-27,39H,3,6,9,13,22-24,28-29H2. The Morgan fingerprint density at radius 1 is 0.537 bits per heavy atom. The van der Waals surface area contributed by atoms with Crippen molar-refractivity contribution in [1.82, 2.24) is 4.90 Å². The molecule has 0 spiro atoms. The summed E-state index contributed by atoms with van der Waals surface area (Å²) in [7, 11) is 0. The van der Waals surface area contributed by atoms with E-state index in [-0.39, 0.29) is 6.61 Å². The highest BCUT2D eigenvalue weighted by Crippen LogP contribution is 2.25. The SMILES string of the molecule is OCCN(Cc1cccc(Oc2ccccc2)c1)Cc1ccc2cc(OCCCCCc3ccccc3)ccc2c1. The van der Waals surface area contributed by atoms with E-state index in [1.165, 1.54) is 34.7 Å². The first-order valence-corrected chi connectivity index (χ1v) is 14.6. The Bertz CT molecular complexity index is 1490. The van der Waals surface area contributed by atoms with Crippen molar-refractivity contribution in [1.29, 1.82) is 0 Å². The number of aliphatic hydroxyl groups is 1. The second kappa shape index (κ2) is 15.0. The van der Waals surface area contributed by atoms with E-state index in [1.54, 1.807) is 0 Å². The molecular formula is C37H39NO3. The number of nitrogens with zero attached hydrogens (tertiary/aromatic N) is 1. The van der Waals surface area contributed by atoms with Gasteiger partial charge in [-0.05, 0) is 95.6 Å². The van der Waals surface area contributed by atoms with Crippen LogP contribution in [0.2, 0.25) is 0 Å². The molecule has 0 amide bonds. The van der Waals surface area contributed by atoms with Crippen LogP contribution in [-0.2, 0) is 19.5 Å². The maximum absolute atomic E-state index is 9.74. The van der Waals surface area contributed by atoms with Gasteiger partial charge in [0, 0.05) is 19.6 Å². The van der Waals surface area contributed by atoms with Crippen molar-refractivity contribution in [2.45, 2.75) is 38.8 Å². The highest BCUT2D eigenvalue weighted by Gasteiger charge is 2.09. The monoisotopic (exact) mass is 545 g/mol. The van der Waals surface area contributed by atoms with Gasteiger partial charge in [0.05, 0.1) is 13.2 Å². The van der Waals surface area contributed by atoms with Crippen molar-refractivity contribution in [2.24, 2.45) is 0 Å². The van der Waals surface area contributed by atoms with Gasteiger partial charge >= 0.3 is 0 Å². The number of unbranched alkanes of at least 4 members (excludes halogenated alkanes) is 2. The van der Waals surface area contributed by atoms with Crippen molar-refractivity contribution in [3.8, 4) is 17.2 Å². The molecule has 5 aromatic carbocycles. The van der Waals surface area contributed by atoms with Crippen molar-refractivity contribution in [2.75, 3.05) is 19.8 Å². The van der Waals surface area contributed by atoms with Gasteiger partial charge in [-0.15, -0.1) is 0 Å². The molecular weight excluding hydrogens is 506 g/mol. The van der Waals surface area contributed by atoms with Crippen molar-refractivity contribution in [3.05, 3.63) is 138 Å². The van der Waals surface area contributed by atoms with Crippen molar-refractivity contribution in [3.63, 3.8) is 0 Å². The molecule has 5 rings (SSSR count). The highest BCUT2D eigenvalue weighted by atomic mass is 16.5. The van der Waals surface area contributed by atoms with Gasteiger partial charge in [-0.3, -0.25) is 4.90 Å². The van der Waals surface area contributed by atoms with Gasteiger partial charge in [-0.25, -0.2) is 0 Å². The average molecular weight is 546 g/mol. The lowest BCUT2D eigenvalue weighted by atomic mass is 10.1. The Morgan fingerprint density at radius 2 is 1.22 bits per heavy atom. The van der Waals surface area contributed by atoms with E-state index in [1.807, 2.05) is 42.5 Å². The van der Waals surface area contributed by atoms with Gasteiger partial charge in [0.25, 0.3) is 0 Å². The molecule has 0 unspecified atom stereocenters. The van der Waals surface area contributed by atoms with Gasteiger partial charge in [-0.1, -0.05) is 78.9 Å². The van der Waals surface area contributed by atoms with E-state index < -0.39 is 0 Å². The summed E-state index contributed by atoms with van der Waals surface area (Å²) in [5.74, 6) is 2.56. The zero-order valence-corrected chi connectivity index (χ0v) is 23.6. The van der Waals surface area contributed by atoms with E-state index in [0.29, 0.717) is 6.54 Å². The number of para-hydroxylation sites is 1. The topological polar surface area (TPSA) is 41.9 Å². The number of ether oxygens (including phenoxy) is 2. The molecule has 5 aromatic rings. The third-order valence-electron chi connectivity index (χ3n) is 7.20. The molecule has 1 N–H and O–H groups in total. The number of hydrogen-bond acceptors (Lipinski definition) is 4. The molecule has 0 bridgehead atoms. The lowest BCUT2D eigenvalue weighted by Gasteiger charge is -2.22. The molecule has 0 aromatic heterocycles. The maximum atomic E-state index is 9.74. The predicted molar refractivity (Wildman–Crippen MR) is 168 cm³/mol. The molecule has 0 atom stereocenters. The number of rotatable bonds is 15. The smallest absolute Gasteiger partial charge is 0.127 e. The summed E-state index contributed by atoms with van der Waals surface area (Å²) in [4.78, 5) is 2.26. The Balaban J connectivity index is 1.13. The van der Waals surface area contributed by atoms with Crippen LogP contribution in [0.5, 0.6) is 17.2 Å². The van der Waals surface area contributed by atoms with E-state index in [4.69, 9.17) is 9.47 Å². The Morgan fingerprint density at radius 3 is 2.02 bits per heavy atom. The minimum absolute atomic E-state index is 0.112. The molecule has 210 valence electrons. The molecule has 4 heteroatoms. The van der Waals surface area contributed by atoms with Gasteiger partial charge in [0.15, 0.2) is 0 Å². The zero-order chi connectivity index (χ0) is 28.1. The first kappa shape index (κ1) is 28.4. The van der Waals surface area contributed by atoms with Crippen LogP contribution in [0.25, 0.3) is 10.8 Å². The Hall–Kier alpha value is -4.12. The molecule has 0 aliphatic rings. The second-order valence-electron chi connectivity index (χ2n) is 10.5. The summed E-state index contributed by atoms with van der Waals surface area (Å²) in [5, 5.41) is 12.1. The van der Waals surface area contributed by atoms with Crippen LogP contribution in [0.3, 0.4) is 0 Å². The first-order valence-electron chi connectivity index (χ1n) is 14.6. The van der Waals surface area contributed by atoms with Gasteiger partial charge in [0.1, 0.15) is 17.2 Å². The lowest BCUT2D eigenvalue weighted by Crippen LogP contribution is -2.26. The number of aryl methyl sites for hydroxylation is 1. The van der Waals surface area contributed by atoms with Crippen LogP contribution in [0.4, 0.5) is 0 Å². The molecule has 0 saturated carbocycles. The molecule has 0 radical (unpaired) electrons. The highest BCUT2D eigenvalue weighted by molar-refractivity contribution is 5.84. The summed E-state index contributed by atoms with van der Waals surface area (Å²) >= 11 is 0. The van der Waals surface area contributed by atoms with E-state index in [2.05, 4.69) is 83.8 Å². The van der Waals surface area contributed by atoms with Crippen LogP contribution >= 0.6 is 0 Å². The molecule has 4 nitrogen and oxygen atoms in total. The minimum atomic E-state index is 0.112. The number of fused-ring (bicyclic) bond motifs is 1. The quantitative estimate of drug-likeness (QED) is 0.134. The van der Waals surface area contributed by atoms with Crippen LogP contribution < -0.4 is 9.47 Å². The van der Waals surface area contributed by atoms with Crippen LogP contribution in [0.1, 0.15) is 36.0 Å². The fraction of sp³-hybridized carbons (Fsp3) is 0.243. The molecule has 0 aliphatic heterocycles. The zero-order valence-electron chi connectivity index (χ0n) is 23.6. The fourth-order valence-corrected chi connectivity index (χ4v) is 5.11. The minimum Gasteiger partial charge on any atom is -0.494 e. The van der Waals surface area contributed by atoms with Gasteiger partial charge < -0.3 is 14.6 Å². The third-order valence-corrected chi connectivity index (χ3v) is 7.20. The second-order valence-corrected chi connectivity index (χ2v) is 10.5. The largest absolute Gasteiger partial charge is 0.494 e. The van der Waals surface area contributed by atoms with Crippen molar-refractivity contribution >= 4 is 10.8 Å². The lowest BCUT2D eigenvalue weighted by molar-refractivity contribution is 0.184. The normalized spacial score (nSPS) is 11.2. The van der Waals surface area contributed by atoms with E-state index in [9.17, 15) is 5.11 Å². The third kappa shape index (κ3) is 8.94. The molecule has 0 fully saturated rings. The number of hydrogen-bond donors (Lipinski definition) is 1. The summed E-state index contributed by atoms with van der Waals surface area (Å²) < 4.78 is 12.1. The van der Waals surface area contributed by atoms with Gasteiger partial charge in [0.2, 0.25) is 0 Å². The molecule has 0 heterocycles. The van der Waals surface area contributed by atoms with E-state index >= 15 is 0 Å². The first-order chi connectivity index (χ1) is 20.2. The van der Waals surface area contributed by atoms with Crippen LogP contribution in [-0.4, -0.2) is 29.8 Å². The van der Waals surface area contributed by atoms with Crippen molar-refractivity contribution < 1.29 is 14.6 Å². The summed E-state index contributed by atoms with van der Waals surface area (Å²) in [6, 6.07) is 41.6. The van der Waals surface area contributed by atoms with Crippen LogP contribution in [0.15, 0.2) is 121 Å². The Kier molecular flexibility index (Phi) is 10.4. The number of aliphatic hydroxyl groups excluding tert-OH is 1. The molecule has 0 saturated heterocycles. The number of benzene rings is 5. The van der Waals surface area contributed by atoms with Gasteiger partial charge in [-0.2, -0.15) is 0 Å². The molecule has 41 heavy (non-hydrogen) atoms. The maximum Gasteiger partial charge on any atom is 0.127 e. The Labute approximate surface area is 243 Å². The fourth-order valence-electron chi connectivity index (χ4n) is 5.11. The van der Waals surface area contributed by atoms with Crippen LogP contribution in [0, 0.1) is 0 Å².